The van der Waals surface area contributed by atoms with Crippen molar-refractivity contribution in [2.24, 2.45) is 11.8 Å². The summed E-state index contributed by atoms with van der Waals surface area (Å²) >= 11 is 12.0. The number of fused-ring (bicyclic) bond motifs is 1. The first-order valence-electron chi connectivity index (χ1n) is 10.2. The smallest absolute Gasteiger partial charge is 0.231 e. The van der Waals surface area contributed by atoms with Crippen molar-refractivity contribution in [1.82, 2.24) is 0 Å². The van der Waals surface area contributed by atoms with Crippen LogP contribution < -0.4 is 14.7 Å². The average Bonchev–Trinajstić information content (AvgIpc) is 2.95. The SMILES string of the molecule is CC(C)C[NH+](Cc1c([O-])ccc2c1OC(=Cc1ccc(Cl)c(Cl)c1)C2=O)CC(C)C. The van der Waals surface area contributed by atoms with Crippen LogP contribution in [-0.2, 0) is 6.54 Å². The first-order chi connectivity index (χ1) is 14.2. The van der Waals surface area contributed by atoms with Crippen LogP contribution >= 0.6 is 23.2 Å². The Hall–Kier alpha value is -2.01. The van der Waals surface area contributed by atoms with Crippen molar-refractivity contribution in [3.05, 3.63) is 62.8 Å². The molecule has 3 rings (SSSR count). The fourth-order valence-electron chi connectivity index (χ4n) is 3.84. The van der Waals surface area contributed by atoms with E-state index in [2.05, 4.69) is 27.7 Å². The minimum Gasteiger partial charge on any atom is -0.872 e. The van der Waals surface area contributed by atoms with Gasteiger partial charge in [0.25, 0.3) is 0 Å². The number of benzene rings is 2. The molecule has 0 radical (unpaired) electrons. The maximum absolute atomic E-state index is 12.9. The highest BCUT2D eigenvalue weighted by molar-refractivity contribution is 6.42. The number of ether oxygens (including phenoxy) is 1. The van der Waals surface area contributed by atoms with Crippen molar-refractivity contribution in [2.75, 3.05) is 13.1 Å². The van der Waals surface area contributed by atoms with Crippen LogP contribution in [0.4, 0.5) is 0 Å². The highest BCUT2D eigenvalue weighted by atomic mass is 35.5. The van der Waals surface area contributed by atoms with Crippen LogP contribution in [0.15, 0.2) is 36.1 Å². The standard InChI is InChI=1S/C24H27Cl2NO3/c1-14(2)11-27(12-15(3)4)13-18-21(28)8-6-17-23(29)22(30-24(17)18)10-16-5-7-19(25)20(26)9-16/h5-10,14-15,28H,11-13H2,1-4H3. The molecule has 160 valence electrons. The van der Waals surface area contributed by atoms with Crippen LogP contribution in [0.3, 0.4) is 0 Å². The van der Waals surface area contributed by atoms with Gasteiger partial charge in [-0.1, -0.05) is 68.8 Å². The zero-order chi connectivity index (χ0) is 22.0. The number of ketones is 1. The molecule has 1 N–H and O–H groups in total. The Morgan fingerprint density at radius 3 is 2.30 bits per heavy atom. The van der Waals surface area contributed by atoms with Gasteiger partial charge in [-0.2, -0.15) is 0 Å². The number of allylic oxidation sites excluding steroid dienone is 1. The molecule has 1 aliphatic rings. The van der Waals surface area contributed by atoms with E-state index in [1.807, 2.05) is 0 Å². The van der Waals surface area contributed by atoms with Crippen molar-refractivity contribution >= 4 is 35.1 Å². The van der Waals surface area contributed by atoms with Gasteiger partial charge in [0.15, 0.2) is 5.76 Å². The predicted octanol–water partition coefficient (Wildman–Crippen LogP) is 4.38. The average molecular weight is 448 g/mol. The summed E-state index contributed by atoms with van der Waals surface area (Å²) in [6.07, 6.45) is 1.63. The van der Waals surface area contributed by atoms with Crippen LogP contribution in [-0.4, -0.2) is 18.9 Å². The zero-order valence-corrected chi connectivity index (χ0v) is 19.2. The second-order valence-corrected chi connectivity index (χ2v) is 9.47. The van der Waals surface area contributed by atoms with E-state index in [4.69, 9.17) is 27.9 Å². The maximum Gasteiger partial charge on any atom is 0.231 e. The number of hydrogen-bond acceptors (Lipinski definition) is 3. The molecule has 0 aromatic heterocycles. The Bertz CT molecular complexity index is 973. The highest BCUT2D eigenvalue weighted by Gasteiger charge is 2.31. The second-order valence-electron chi connectivity index (χ2n) is 8.65. The summed E-state index contributed by atoms with van der Waals surface area (Å²) in [5.41, 5.74) is 1.70. The lowest BCUT2D eigenvalue weighted by Crippen LogP contribution is -3.11. The molecule has 0 spiro atoms. The second kappa shape index (κ2) is 9.42. The molecule has 2 aromatic carbocycles. The van der Waals surface area contributed by atoms with Gasteiger partial charge in [-0.15, -0.1) is 0 Å². The number of hydrogen-bond donors (Lipinski definition) is 1. The third-order valence-corrected chi connectivity index (χ3v) is 5.70. The van der Waals surface area contributed by atoms with Gasteiger partial charge in [-0.05, 0) is 29.8 Å². The molecular formula is C24H27Cl2NO3. The van der Waals surface area contributed by atoms with Crippen molar-refractivity contribution in [1.29, 1.82) is 0 Å². The van der Waals surface area contributed by atoms with Crippen LogP contribution in [0.25, 0.3) is 6.08 Å². The molecule has 0 aliphatic carbocycles. The number of rotatable bonds is 7. The minimum atomic E-state index is -0.230. The third kappa shape index (κ3) is 5.18. The summed E-state index contributed by atoms with van der Waals surface area (Å²) in [6.45, 7) is 11.1. The Balaban J connectivity index is 1.93. The summed E-state index contributed by atoms with van der Waals surface area (Å²) in [6, 6.07) is 8.14. The molecule has 0 amide bonds. The van der Waals surface area contributed by atoms with Gasteiger partial charge in [-0.25, -0.2) is 0 Å². The van der Waals surface area contributed by atoms with Gasteiger partial charge in [-0.3, -0.25) is 4.79 Å². The number of quaternary nitrogens is 1. The highest BCUT2D eigenvalue weighted by Crippen LogP contribution is 2.38. The van der Waals surface area contributed by atoms with Crippen LogP contribution in [0, 0.1) is 11.8 Å². The Morgan fingerprint density at radius 1 is 1.03 bits per heavy atom. The van der Waals surface area contributed by atoms with Crippen molar-refractivity contribution in [3.63, 3.8) is 0 Å². The normalized spacial score (nSPS) is 14.8. The number of Topliss-reactive ketones (excluding diaryl/α,β-unsaturated/α-hetero) is 1. The van der Waals surface area contributed by atoms with Crippen LogP contribution in [0.1, 0.15) is 49.2 Å². The zero-order valence-electron chi connectivity index (χ0n) is 17.7. The van der Waals surface area contributed by atoms with Gasteiger partial charge >= 0.3 is 0 Å². The van der Waals surface area contributed by atoms with Gasteiger partial charge in [0, 0.05) is 17.4 Å². The van der Waals surface area contributed by atoms with Gasteiger partial charge in [0.2, 0.25) is 5.78 Å². The fraction of sp³-hybridized carbons (Fsp3) is 0.375. The van der Waals surface area contributed by atoms with Crippen molar-refractivity contribution in [3.8, 4) is 11.5 Å². The quantitative estimate of drug-likeness (QED) is 0.640. The Labute approximate surface area is 188 Å². The van der Waals surface area contributed by atoms with Crippen molar-refractivity contribution in [2.45, 2.75) is 34.2 Å². The molecule has 2 aromatic rings. The molecule has 30 heavy (non-hydrogen) atoms. The van der Waals surface area contributed by atoms with E-state index < -0.39 is 0 Å². The van der Waals surface area contributed by atoms with E-state index in [0.717, 1.165) is 13.1 Å². The molecule has 0 bridgehead atoms. The molecular weight excluding hydrogens is 421 g/mol. The van der Waals surface area contributed by atoms with Crippen LogP contribution in [0.5, 0.6) is 11.5 Å². The topological polar surface area (TPSA) is 53.8 Å². The van der Waals surface area contributed by atoms with Crippen LogP contribution in [0.2, 0.25) is 10.0 Å². The first kappa shape index (κ1) is 22.7. The lowest BCUT2D eigenvalue weighted by molar-refractivity contribution is -0.919. The minimum absolute atomic E-state index is 0.0950. The first-order valence-corrected chi connectivity index (χ1v) is 11.0. The molecule has 0 unspecified atom stereocenters. The fourth-order valence-corrected chi connectivity index (χ4v) is 4.15. The number of nitrogens with one attached hydrogen (secondary N) is 1. The lowest BCUT2D eigenvalue weighted by atomic mass is 10.0. The summed E-state index contributed by atoms with van der Waals surface area (Å²) in [5.74, 6) is 1.25. The lowest BCUT2D eigenvalue weighted by Gasteiger charge is -2.26. The maximum atomic E-state index is 12.9. The molecule has 1 heterocycles. The van der Waals surface area contributed by atoms with E-state index in [-0.39, 0.29) is 17.3 Å². The van der Waals surface area contributed by atoms with E-state index >= 15 is 0 Å². The number of carbonyl (C=O) groups is 1. The number of carbonyl (C=O) groups excluding carboxylic acids is 1. The molecule has 0 atom stereocenters. The molecule has 4 nitrogen and oxygen atoms in total. The molecule has 6 heteroatoms. The summed E-state index contributed by atoms with van der Waals surface area (Å²) < 4.78 is 5.94. The molecule has 0 saturated heterocycles. The van der Waals surface area contributed by atoms with Gasteiger partial charge in [0.1, 0.15) is 12.3 Å². The summed E-state index contributed by atoms with van der Waals surface area (Å²) in [4.78, 5) is 14.2. The summed E-state index contributed by atoms with van der Waals surface area (Å²) in [7, 11) is 0. The van der Waals surface area contributed by atoms with Crippen molar-refractivity contribution < 1.29 is 19.5 Å². The Morgan fingerprint density at radius 2 is 1.70 bits per heavy atom. The van der Waals surface area contributed by atoms with E-state index in [0.29, 0.717) is 50.9 Å². The summed E-state index contributed by atoms with van der Waals surface area (Å²) in [5, 5.41) is 13.5. The largest absolute Gasteiger partial charge is 0.872 e. The molecule has 1 aliphatic heterocycles. The van der Waals surface area contributed by atoms with E-state index in [1.165, 1.54) is 11.0 Å². The monoisotopic (exact) mass is 447 g/mol. The van der Waals surface area contributed by atoms with Gasteiger partial charge < -0.3 is 14.7 Å². The molecule has 0 fully saturated rings. The van der Waals surface area contributed by atoms with E-state index in [9.17, 15) is 9.90 Å². The predicted molar refractivity (Wildman–Crippen MR) is 119 cm³/mol. The third-order valence-electron chi connectivity index (χ3n) is 4.96. The molecule has 0 saturated carbocycles. The number of halogens is 2. The van der Waals surface area contributed by atoms with E-state index in [1.54, 1.807) is 30.3 Å². The van der Waals surface area contributed by atoms with Gasteiger partial charge in [0.05, 0.1) is 28.7 Å². The Kier molecular flexibility index (Phi) is 7.12.